The third-order valence-electron chi connectivity index (χ3n) is 5.07. The summed E-state index contributed by atoms with van der Waals surface area (Å²) in [6.45, 7) is 10.8. The first-order chi connectivity index (χ1) is 13.5. The molecule has 0 radical (unpaired) electrons. The molecule has 28 heavy (non-hydrogen) atoms. The van der Waals surface area contributed by atoms with Crippen LogP contribution in [0.4, 0.5) is 0 Å². The molecule has 0 aromatic heterocycles. The van der Waals surface area contributed by atoms with E-state index < -0.39 is 6.10 Å². The summed E-state index contributed by atoms with van der Waals surface area (Å²) in [5, 5.41) is 10.4. The fourth-order valence-electron chi connectivity index (χ4n) is 3.79. The second kappa shape index (κ2) is 12.1. The van der Waals surface area contributed by atoms with E-state index in [0.29, 0.717) is 18.0 Å². The standard InChI is InChI=1S/C23H38N2O3/c1-19(2)15-24(3)16-20-10-11-22(23(14-20)27-4)28-18-21(26)17-25-12-8-6-5-7-9-13-25/h10-11,14,21,26H,1,5-9,12-13,15-18H2,2-4H3/t21-/m0/s1. The van der Waals surface area contributed by atoms with Crippen molar-refractivity contribution >= 4 is 0 Å². The Morgan fingerprint density at radius 3 is 2.50 bits per heavy atom. The van der Waals surface area contributed by atoms with E-state index in [0.717, 1.165) is 37.3 Å². The van der Waals surface area contributed by atoms with E-state index >= 15 is 0 Å². The zero-order valence-corrected chi connectivity index (χ0v) is 18.0. The quantitative estimate of drug-likeness (QED) is 0.617. The second-order valence-electron chi connectivity index (χ2n) is 8.15. The largest absolute Gasteiger partial charge is 0.493 e. The van der Waals surface area contributed by atoms with Gasteiger partial charge in [-0.15, -0.1) is 0 Å². The molecule has 5 heteroatoms. The van der Waals surface area contributed by atoms with Crippen LogP contribution < -0.4 is 9.47 Å². The van der Waals surface area contributed by atoms with Gasteiger partial charge in [0.25, 0.3) is 0 Å². The van der Waals surface area contributed by atoms with Crippen LogP contribution in [0.15, 0.2) is 30.4 Å². The summed E-state index contributed by atoms with van der Waals surface area (Å²) >= 11 is 0. The minimum Gasteiger partial charge on any atom is -0.493 e. The average molecular weight is 391 g/mol. The highest BCUT2D eigenvalue weighted by molar-refractivity contribution is 5.43. The maximum Gasteiger partial charge on any atom is 0.161 e. The molecule has 1 N–H and O–H groups in total. The van der Waals surface area contributed by atoms with E-state index in [9.17, 15) is 5.11 Å². The molecule has 0 aliphatic carbocycles. The summed E-state index contributed by atoms with van der Waals surface area (Å²) in [4.78, 5) is 4.58. The molecule has 1 fully saturated rings. The lowest BCUT2D eigenvalue weighted by molar-refractivity contribution is 0.0645. The first kappa shape index (κ1) is 22.7. The summed E-state index contributed by atoms with van der Waals surface area (Å²) in [7, 11) is 3.73. The van der Waals surface area contributed by atoms with Gasteiger partial charge in [-0.1, -0.05) is 37.5 Å². The van der Waals surface area contributed by atoms with Crippen LogP contribution >= 0.6 is 0 Å². The molecule has 1 aromatic carbocycles. The van der Waals surface area contributed by atoms with Crippen molar-refractivity contribution in [3.8, 4) is 11.5 Å². The Bertz CT molecular complexity index is 598. The lowest BCUT2D eigenvalue weighted by atomic mass is 10.1. The molecule has 1 aromatic rings. The third kappa shape index (κ3) is 8.21. The second-order valence-corrected chi connectivity index (χ2v) is 8.15. The molecule has 0 amide bonds. The smallest absolute Gasteiger partial charge is 0.161 e. The van der Waals surface area contributed by atoms with Crippen molar-refractivity contribution in [3.63, 3.8) is 0 Å². The van der Waals surface area contributed by atoms with Gasteiger partial charge >= 0.3 is 0 Å². The molecule has 2 rings (SSSR count). The Morgan fingerprint density at radius 1 is 1.18 bits per heavy atom. The van der Waals surface area contributed by atoms with E-state index in [4.69, 9.17) is 9.47 Å². The summed E-state index contributed by atoms with van der Waals surface area (Å²) in [5.74, 6) is 1.39. The third-order valence-corrected chi connectivity index (χ3v) is 5.07. The number of aliphatic hydroxyl groups is 1. The highest BCUT2D eigenvalue weighted by Crippen LogP contribution is 2.28. The molecule has 1 atom stereocenters. The summed E-state index contributed by atoms with van der Waals surface area (Å²) in [6.07, 6.45) is 5.90. The van der Waals surface area contributed by atoms with Crippen LogP contribution in [-0.4, -0.2) is 68.0 Å². The number of hydrogen-bond acceptors (Lipinski definition) is 5. The van der Waals surface area contributed by atoms with Crippen LogP contribution in [0.5, 0.6) is 11.5 Å². The Hall–Kier alpha value is -1.56. The molecule has 158 valence electrons. The molecule has 1 aliphatic rings. The van der Waals surface area contributed by atoms with Gasteiger partial charge in [0.1, 0.15) is 12.7 Å². The lowest BCUT2D eigenvalue weighted by Crippen LogP contribution is -2.37. The van der Waals surface area contributed by atoms with E-state index in [2.05, 4.69) is 29.5 Å². The van der Waals surface area contributed by atoms with E-state index in [1.54, 1.807) is 7.11 Å². The van der Waals surface area contributed by atoms with Crippen molar-refractivity contribution in [1.29, 1.82) is 0 Å². The zero-order valence-electron chi connectivity index (χ0n) is 18.0. The fourth-order valence-corrected chi connectivity index (χ4v) is 3.79. The first-order valence-electron chi connectivity index (χ1n) is 10.5. The van der Waals surface area contributed by atoms with Gasteiger partial charge in [-0.3, -0.25) is 4.90 Å². The van der Waals surface area contributed by atoms with Crippen LogP contribution in [-0.2, 0) is 6.54 Å². The minimum absolute atomic E-state index is 0.280. The number of benzene rings is 1. The highest BCUT2D eigenvalue weighted by atomic mass is 16.5. The van der Waals surface area contributed by atoms with Crippen LogP contribution in [0.1, 0.15) is 44.6 Å². The Kier molecular flexibility index (Phi) is 9.82. The number of aliphatic hydroxyl groups excluding tert-OH is 1. The SMILES string of the molecule is C=C(C)CN(C)Cc1ccc(OC[C@@H](O)CN2CCCCCCC2)c(OC)c1. The summed E-state index contributed by atoms with van der Waals surface area (Å²) in [5.41, 5.74) is 2.30. The number of β-amino-alcohol motifs (C(OH)–C–C–N with tert-alkyl or cyclic N) is 1. The molecular formula is C23H38N2O3. The number of rotatable bonds is 10. The highest BCUT2D eigenvalue weighted by Gasteiger charge is 2.15. The number of methoxy groups -OCH3 is 1. The Labute approximate surface area is 170 Å². The number of ether oxygens (including phenoxy) is 2. The van der Waals surface area contributed by atoms with E-state index in [1.807, 2.05) is 19.1 Å². The molecule has 1 saturated heterocycles. The maximum absolute atomic E-state index is 10.4. The maximum atomic E-state index is 10.4. The van der Waals surface area contributed by atoms with Gasteiger partial charge in [-0.05, 0) is 57.6 Å². The molecule has 0 saturated carbocycles. The van der Waals surface area contributed by atoms with Crippen LogP contribution in [0.25, 0.3) is 0 Å². The molecule has 1 aliphatic heterocycles. The number of nitrogens with zero attached hydrogens (tertiary/aromatic N) is 2. The summed E-state index contributed by atoms with van der Waals surface area (Å²) < 4.78 is 11.4. The summed E-state index contributed by atoms with van der Waals surface area (Å²) in [6, 6.07) is 6.00. The van der Waals surface area contributed by atoms with Crippen molar-refractivity contribution in [2.45, 2.75) is 51.7 Å². The number of likely N-dealkylation sites (N-methyl/N-ethyl adjacent to an activating group) is 1. The predicted molar refractivity (Wildman–Crippen MR) is 115 cm³/mol. The number of likely N-dealkylation sites (tertiary alicyclic amines) is 1. The van der Waals surface area contributed by atoms with Crippen molar-refractivity contribution in [3.05, 3.63) is 35.9 Å². The molecular weight excluding hydrogens is 352 g/mol. The van der Waals surface area contributed by atoms with Crippen LogP contribution in [0.2, 0.25) is 0 Å². The van der Waals surface area contributed by atoms with Gasteiger partial charge in [-0.25, -0.2) is 0 Å². The van der Waals surface area contributed by atoms with Crippen molar-refractivity contribution in [2.75, 3.05) is 46.9 Å². The van der Waals surface area contributed by atoms with E-state index in [-0.39, 0.29) is 6.61 Å². The van der Waals surface area contributed by atoms with Crippen LogP contribution in [0, 0.1) is 0 Å². The molecule has 0 spiro atoms. The molecule has 1 heterocycles. The van der Waals surface area contributed by atoms with Crippen LogP contribution in [0.3, 0.4) is 0 Å². The fraction of sp³-hybridized carbons (Fsp3) is 0.652. The normalized spacial score (nSPS) is 17.0. The van der Waals surface area contributed by atoms with Gasteiger partial charge in [0, 0.05) is 19.6 Å². The van der Waals surface area contributed by atoms with Crippen molar-refractivity contribution < 1.29 is 14.6 Å². The predicted octanol–water partition coefficient (Wildman–Crippen LogP) is 3.71. The monoisotopic (exact) mass is 390 g/mol. The van der Waals surface area contributed by atoms with Gasteiger partial charge in [-0.2, -0.15) is 0 Å². The van der Waals surface area contributed by atoms with Crippen molar-refractivity contribution in [1.82, 2.24) is 9.80 Å². The van der Waals surface area contributed by atoms with Gasteiger partial charge in [0.05, 0.1) is 7.11 Å². The first-order valence-corrected chi connectivity index (χ1v) is 10.5. The van der Waals surface area contributed by atoms with Crippen molar-refractivity contribution in [2.24, 2.45) is 0 Å². The van der Waals surface area contributed by atoms with E-state index in [1.165, 1.54) is 32.1 Å². The Morgan fingerprint density at radius 2 is 1.86 bits per heavy atom. The minimum atomic E-state index is -0.495. The molecule has 0 unspecified atom stereocenters. The lowest BCUT2D eigenvalue weighted by Gasteiger charge is -2.26. The molecule has 5 nitrogen and oxygen atoms in total. The molecule has 0 bridgehead atoms. The topological polar surface area (TPSA) is 45.2 Å². The van der Waals surface area contributed by atoms with Gasteiger partial charge in [0.15, 0.2) is 11.5 Å². The number of hydrogen-bond donors (Lipinski definition) is 1. The average Bonchev–Trinajstić information content (AvgIpc) is 2.62. The Balaban J connectivity index is 1.85. The zero-order chi connectivity index (χ0) is 20.4. The van der Waals surface area contributed by atoms with Gasteiger partial charge in [0.2, 0.25) is 0 Å². The van der Waals surface area contributed by atoms with Gasteiger partial charge < -0.3 is 19.5 Å².